The third kappa shape index (κ3) is 5.16. The van der Waals surface area contributed by atoms with Gasteiger partial charge in [-0.15, -0.1) is 10.2 Å². The van der Waals surface area contributed by atoms with Crippen molar-refractivity contribution in [2.24, 2.45) is 0 Å². The number of aromatic nitrogens is 2. The van der Waals surface area contributed by atoms with Crippen molar-refractivity contribution in [2.75, 3.05) is 11.1 Å². The molecule has 0 saturated heterocycles. The van der Waals surface area contributed by atoms with Gasteiger partial charge in [-0.1, -0.05) is 59.5 Å². The van der Waals surface area contributed by atoms with Crippen LogP contribution in [0.1, 0.15) is 24.3 Å². The van der Waals surface area contributed by atoms with Crippen LogP contribution in [0.15, 0.2) is 69.6 Å². The number of hydrogen-bond acceptors (Lipinski definition) is 7. The molecule has 148 valence electrons. The highest BCUT2D eigenvalue weighted by Crippen LogP contribution is 2.26. The van der Waals surface area contributed by atoms with Crippen molar-refractivity contribution in [1.82, 2.24) is 15.5 Å². The molecule has 6 nitrogen and oxygen atoms in total. The first kappa shape index (κ1) is 19.5. The van der Waals surface area contributed by atoms with Gasteiger partial charge in [-0.25, -0.2) is 0 Å². The number of carbonyl (C=O) groups excluding carboxylic acids is 1. The van der Waals surface area contributed by atoms with Gasteiger partial charge in [0.2, 0.25) is 11.0 Å². The Morgan fingerprint density at radius 2 is 2.00 bits per heavy atom. The summed E-state index contributed by atoms with van der Waals surface area (Å²) in [5.41, 5.74) is 1.09. The minimum atomic E-state index is -0.0624. The fourth-order valence-corrected chi connectivity index (χ4v) is 4.45. The number of nitrogens with zero attached hydrogens (tertiary/aromatic N) is 2. The molecule has 0 unspecified atom stereocenters. The number of nitrogens with one attached hydrogen (secondary N) is 2. The first-order valence-electron chi connectivity index (χ1n) is 9.18. The van der Waals surface area contributed by atoms with Crippen molar-refractivity contribution in [2.45, 2.75) is 23.8 Å². The van der Waals surface area contributed by atoms with Crippen LogP contribution in [-0.4, -0.2) is 21.9 Å². The molecule has 0 radical (unpaired) electrons. The number of furan rings is 1. The van der Waals surface area contributed by atoms with Crippen LogP contribution in [0.4, 0.5) is 5.13 Å². The van der Waals surface area contributed by atoms with Crippen molar-refractivity contribution < 1.29 is 9.21 Å². The van der Waals surface area contributed by atoms with E-state index in [1.54, 1.807) is 6.26 Å². The van der Waals surface area contributed by atoms with E-state index in [1.165, 1.54) is 33.9 Å². The van der Waals surface area contributed by atoms with Gasteiger partial charge in [-0.05, 0) is 41.5 Å². The average Bonchev–Trinajstić information content (AvgIpc) is 3.42. The molecule has 29 heavy (non-hydrogen) atoms. The lowest BCUT2D eigenvalue weighted by atomic mass is 10.0. The molecule has 8 heteroatoms. The Bertz CT molecular complexity index is 1090. The monoisotopic (exact) mass is 424 g/mol. The fraction of sp³-hybridized carbons (Fsp3) is 0.190. The lowest BCUT2D eigenvalue weighted by Crippen LogP contribution is -2.28. The number of benzene rings is 2. The smallest absolute Gasteiger partial charge is 0.230 e. The maximum atomic E-state index is 12.3. The summed E-state index contributed by atoms with van der Waals surface area (Å²) < 4.78 is 6.02. The summed E-state index contributed by atoms with van der Waals surface area (Å²) in [4.78, 5) is 12.3. The number of thioether (sulfide) groups is 1. The summed E-state index contributed by atoms with van der Waals surface area (Å²) in [6.45, 7) is 2.55. The Hall–Kier alpha value is -2.84. The molecule has 0 aliphatic rings. The molecular weight excluding hydrogens is 404 g/mol. The number of amides is 1. The van der Waals surface area contributed by atoms with E-state index < -0.39 is 0 Å². The Balaban J connectivity index is 1.27. The number of rotatable bonds is 8. The van der Waals surface area contributed by atoms with E-state index in [0.717, 1.165) is 15.7 Å². The van der Waals surface area contributed by atoms with E-state index in [1.807, 2.05) is 31.2 Å². The van der Waals surface area contributed by atoms with Crippen molar-refractivity contribution in [3.05, 3.63) is 72.2 Å². The van der Waals surface area contributed by atoms with Gasteiger partial charge in [0.05, 0.1) is 24.6 Å². The Kier molecular flexibility index (Phi) is 6.12. The maximum Gasteiger partial charge on any atom is 0.230 e. The van der Waals surface area contributed by atoms with Crippen LogP contribution in [-0.2, 0) is 11.3 Å². The number of anilines is 1. The van der Waals surface area contributed by atoms with Gasteiger partial charge in [0.15, 0.2) is 4.34 Å². The van der Waals surface area contributed by atoms with Crippen LogP contribution in [0.2, 0.25) is 0 Å². The summed E-state index contributed by atoms with van der Waals surface area (Å²) in [6, 6.07) is 18.1. The standard InChI is InChI=1S/C21H20N4O2S2/c1-14(16-9-8-15-5-2-3-6-17(15)11-16)23-19(26)13-28-21-25-24-20(29-21)22-12-18-7-4-10-27-18/h2-11,14H,12-13H2,1H3,(H,22,24)(H,23,26)/t14-/m1/s1. The molecule has 0 saturated carbocycles. The van der Waals surface area contributed by atoms with E-state index in [2.05, 4.69) is 51.2 Å². The molecule has 4 aromatic rings. The van der Waals surface area contributed by atoms with Crippen LogP contribution >= 0.6 is 23.1 Å². The second-order valence-electron chi connectivity index (χ2n) is 6.49. The van der Waals surface area contributed by atoms with Gasteiger partial charge in [0.25, 0.3) is 0 Å². The molecule has 2 heterocycles. The average molecular weight is 425 g/mol. The first-order chi connectivity index (χ1) is 14.2. The Morgan fingerprint density at radius 1 is 1.14 bits per heavy atom. The fourth-order valence-electron chi connectivity index (χ4n) is 2.89. The summed E-state index contributed by atoms with van der Waals surface area (Å²) in [5.74, 6) is 1.09. The molecule has 0 spiro atoms. The molecule has 4 rings (SSSR count). The predicted molar refractivity (Wildman–Crippen MR) is 117 cm³/mol. The normalized spacial score (nSPS) is 12.0. The zero-order chi connectivity index (χ0) is 20.1. The predicted octanol–water partition coefficient (Wildman–Crippen LogP) is 4.87. The van der Waals surface area contributed by atoms with Crippen LogP contribution in [0.5, 0.6) is 0 Å². The van der Waals surface area contributed by atoms with Crippen LogP contribution < -0.4 is 10.6 Å². The molecule has 0 fully saturated rings. The van der Waals surface area contributed by atoms with Gasteiger partial charge in [0.1, 0.15) is 5.76 Å². The molecule has 2 aromatic carbocycles. The van der Waals surface area contributed by atoms with Gasteiger partial charge in [-0.3, -0.25) is 4.79 Å². The van der Waals surface area contributed by atoms with E-state index >= 15 is 0 Å². The van der Waals surface area contributed by atoms with Gasteiger partial charge >= 0.3 is 0 Å². The summed E-state index contributed by atoms with van der Waals surface area (Å²) in [6.07, 6.45) is 1.63. The van der Waals surface area contributed by atoms with Crippen molar-refractivity contribution in [3.8, 4) is 0 Å². The number of fused-ring (bicyclic) bond motifs is 1. The quantitative estimate of drug-likeness (QED) is 0.393. The van der Waals surface area contributed by atoms with E-state index in [4.69, 9.17) is 4.42 Å². The van der Waals surface area contributed by atoms with Crippen molar-refractivity contribution in [1.29, 1.82) is 0 Å². The van der Waals surface area contributed by atoms with Crippen molar-refractivity contribution in [3.63, 3.8) is 0 Å². The van der Waals surface area contributed by atoms with Gasteiger partial charge in [0, 0.05) is 0 Å². The molecule has 2 aromatic heterocycles. The summed E-state index contributed by atoms with van der Waals surface area (Å²) >= 11 is 2.80. The molecule has 0 bridgehead atoms. The largest absolute Gasteiger partial charge is 0.467 e. The Morgan fingerprint density at radius 3 is 2.83 bits per heavy atom. The lowest BCUT2D eigenvalue weighted by molar-refractivity contribution is -0.119. The number of carbonyl (C=O) groups is 1. The topological polar surface area (TPSA) is 80.0 Å². The third-order valence-corrected chi connectivity index (χ3v) is 6.39. The van der Waals surface area contributed by atoms with Gasteiger partial charge in [-0.2, -0.15) is 0 Å². The zero-order valence-corrected chi connectivity index (χ0v) is 17.4. The number of hydrogen-bond donors (Lipinski definition) is 2. The molecular formula is C21H20N4O2S2. The van der Waals surface area contributed by atoms with Crippen molar-refractivity contribution >= 4 is 44.9 Å². The molecule has 0 aliphatic carbocycles. The zero-order valence-electron chi connectivity index (χ0n) is 15.8. The lowest BCUT2D eigenvalue weighted by Gasteiger charge is -2.14. The summed E-state index contributed by atoms with van der Waals surface area (Å²) in [5, 5.41) is 17.5. The van der Waals surface area contributed by atoms with Gasteiger partial charge < -0.3 is 15.1 Å². The molecule has 1 atom stereocenters. The summed E-state index contributed by atoms with van der Waals surface area (Å²) in [7, 11) is 0. The minimum Gasteiger partial charge on any atom is -0.467 e. The second-order valence-corrected chi connectivity index (χ2v) is 8.69. The molecule has 2 N–H and O–H groups in total. The van der Waals surface area contributed by atoms with Crippen LogP contribution in [0.3, 0.4) is 0 Å². The SMILES string of the molecule is C[C@@H](NC(=O)CSc1nnc(NCc2ccco2)s1)c1ccc2ccccc2c1. The van der Waals surface area contributed by atoms with Crippen LogP contribution in [0, 0.1) is 0 Å². The second kappa shape index (κ2) is 9.11. The highest BCUT2D eigenvalue weighted by Gasteiger charge is 2.12. The maximum absolute atomic E-state index is 12.3. The van der Waals surface area contributed by atoms with E-state index in [0.29, 0.717) is 17.4 Å². The highest BCUT2D eigenvalue weighted by atomic mass is 32.2. The highest BCUT2D eigenvalue weighted by molar-refractivity contribution is 8.01. The molecule has 1 amide bonds. The van der Waals surface area contributed by atoms with Crippen LogP contribution in [0.25, 0.3) is 10.8 Å². The molecule has 0 aliphatic heterocycles. The van der Waals surface area contributed by atoms with E-state index in [9.17, 15) is 4.79 Å². The first-order valence-corrected chi connectivity index (χ1v) is 11.0. The Labute approximate surface area is 176 Å². The minimum absolute atomic E-state index is 0.0315. The van der Waals surface area contributed by atoms with E-state index in [-0.39, 0.29) is 11.9 Å². The third-order valence-electron chi connectivity index (χ3n) is 4.38.